The molecule has 4 aromatic rings. The van der Waals surface area contributed by atoms with Crippen molar-refractivity contribution in [1.29, 1.82) is 0 Å². The number of nitrogens with zero attached hydrogens (tertiary/aromatic N) is 3. The highest BCUT2D eigenvalue weighted by Gasteiger charge is 2.35. The van der Waals surface area contributed by atoms with Crippen molar-refractivity contribution in [3.05, 3.63) is 176 Å². The van der Waals surface area contributed by atoms with Gasteiger partial charge in [0.15, 0.2) is 16.7 Å². The number of allylic oxidation sites excluding steroid dienone is 4. The molecule has 1 N–H and O–H groups in total. The van der Waals surface area contributed by atoms with Crippen LogP contribution in [0.4, 0.5) is 5.69 Å². The molecule has 55 heavy (non-hydrogen) atoms. The molecule has 1 aliphatic rings. The van der Waals surface area contributed by atoms with Crippen LogP contribution in [0.5, 0.6) is 11.5 Å². The first-order valence-electron chi connectivity index (χ1n) is 17.1. The Bertz CT molecular complexity index is 2150. The molecule has 0 bridgehead atoms. The second-order valence-corrected chi connectivity index (χ2v) is 13.6. The van der Waals surface area contributed by atoms with Gasteiger partial charge < -0.3 is 14.8 Å². The van der Waals surface area contributed by atoms with E-state index in [2.05, 4.69) is 32.8 Å². The highest BCUT2D eigenvalue weighted by Crippen LogP contribution is 2.39. The number of nitrogens with one attached hydrogen (secondary N) is 1. The van der Waals surface area contributed by atoms with Gasteiger partial charge in [-0.1, -0.05) is 97.2 Å². The zero-order valence-electron chi connectivity index (χ0n) is 30.0. The topological polar surface area (TPSA) is 140 Å². The number of thioether (sulfide) groups is 1. The first-order chi connectivity index (χ1) is 26.6. The zero-order chi connectivity index (χ0) is 39.3. The minimum Gasteiger partial charge on any atom is -0.490 e. The van der Waals surface area contributed by atoms with Crippen molar-refractivity contribution >= 4 is 62.3 Å². The lowest BCUT2D eigenvalue weighted by Gasteiger charge is -2.28. The Balaban J connectivity index is 1.41. The predicted molar refractivity (Wildman–Crippen MR) is 218 cm³/mol. The molecule has 0 fully saturated rings. The third kappa shape index (κ3) is 10.3. The lowest BCUT2D eigenvalue weighted by Crippen LogP contribution is -2.42. The Hall–Kier alpha value is -6.05. The summed E-state index contributed by atoms with van der Waals surface area (Å²) in [7, 11) is 0. The Morgan fingerprint density at radius 2 is 1.67 bits per heavy atom. The average molecular weight is 822 g/mol. The maximum atomic E-state index is 14.2. The highest BCUT2D eigenvalue weighted by molar-refractivity contribution is 9.10. The number of amidine groups is 1. The van der Waals surface area contributed by atoms with Crippen LogP contribution in [0.2, 0.25) is 0 Å². The van der Waals surface area contributed by atoms with Gasteiger partial charge >= 0.3 is 0 Å². The number of ether oxygens (including phenoxy) is 2. The number of rotatable bonds is 15. The fourth-order valence-corrected chi connectivity index (χ4v) is 6.89. The third-order valence-electron chi connectivity index (χ3n) is 8.09. The van der Waals surface area contributed by atoms with E-state index in [1.807, 2.05) is 60.7 Å². The zero-order valence-corrected chi connectivity index (χ0v) is 32.4. The van der Waals surface area contributed by atoms with E-state index in [9.17, 15) is 24.5 Å². The van der Waals surface area contributed by atoms with Crippen LogP contribution in [0, 0.1) is 10.1 Å². The molecule has 0 aromatic heterocycles. The molecule has 3 amide bonds. The molecule has 0 unspecified atom stereocenters. The normalized spacial score (nSPS) is 14.0. The Morgan fingerprint density at radius 3 is 2.25 bits per heavy atom. The molecule has 4 aromatic carbocycles. The van der Waals surface area contributed by atoms with E-state index >= 15 is 0 Å². The van der Waals surface area contributed by atoms with Gasteiger partial charge in [-0.25, -0.2) is 0 Å². The number of nitro benzene ring substituents is 1. The van der Waals surface area contributed by atoms with E-state index in [-0.39, 0.29) is 34.7 Å². The second kappa shape index (κ2) is 19.3. The fraction of sp³-hybridized carbons (Fsp3) is 0.143. The number of carbonyl (C=O) groups is 3. The molecule has 0 saturated carbocycles. The Morgan fingerprint density at radius 1 is 1.02 bits per heavy atom. The second-order valence-electron chi connectivity index (χ2n) is 11.8. The number of carbonyl (C=O) groups excluding carboxylic acids is 3. The van der Waals surface area contributed by atoms with Gasteiger partial charge in [-0.05, 0) is 88.4 Å². The number of hydrogen-bond donors (Lipinski definition) is 1. The van der Waals surface area contributed by atoms with E-state index in [1.165, 1.54) is 23.1 Å². The number of benzene rings is 4. The van der Waals surface area contributed by atoms with Crippen LogP contribution in [-0.2, 0) is 21.0 Å². The first-order valence-corrected chi connectivity index (χ1v) is 18.9. The lowest BCUT2D eigenvalue weighted by atomic mass is 9.99. The molecule has 0 radical (unpaired) electrons. The standard InChI is InChI=1S/C42H37BrN4O7S/c1-4-7-18-32(5-2)46-41(50)34(23-29-24-35(43)39(36(25-29)53-6-3)54-26-28-19-21-33(22-20-28)47(51)52)40(49)45-42(46)55-27-37(48)44-38(30-14-10-8-11-15-30)31-16-12-9-13-17-31/h4-5,7-25,38H,1,6,26-27H2,2-3H3,(H,44,48)/b18-7-,32-5+,34-23+. The van der Waals surface area contributed by atoms with Crippen molar-refractivity contribution in [3.63, 3.8) is 0 Å². The van der Waals surface area contributed by atoms with Crippen molar-refractivity contribution in [1.82, 2.24) is 10.2 Å². The number of hydrogen-bond acceptors (Lipinski definition) is 8. The molecule has 1 heterocycles. The summed E-state index contributed by atoms with van der Waals surface area (Å²) < 4.78 is 12.4. The first kappa shape index (κ1) is 40.1. The van der Waals surface area contributed by atoms with Crippen molar-refractivity contribution in [2.45, 2.75) is 26.5 Å². The number of amides is 3. The van der Waals surface area contributed by atoms with Crippen LogP contribution >= 0.6 is 27.7 Å². The van der Waals surface area contributed by atoms with Gasteiger partial charge in [0.1, 0.15) is 12.2 Å². The molecule has 5 rings (SSSR count). The molecule has 0 aliphatic carbocycles. The molecular weight excluding hydrogens is 784 g/mol. The molecule has 11 nitrogen and oxygen atoms in total. The van der Waals surface area contributed by atoms with Gasteiger partial charge in [0, 0.05) is 17.8 Å². The van der Waals surface area contributed by atoms with Gasteiger partial charge in [0.25, 0.3) is 17.5 Å². The van der Waals surface area contributed by atoms with Gasteiger partial charge in [-0.2, -0.15) is 4.99 Å². The van der Waals surface area contributed by atoms with E-state index < -0.39 is 22.8 Å². The van der Waals surface area contributed by atoms with Gasteiger partial charge in [0.05, 0.1) is 27.8 Å². The number of non-ortho nitro benzene ring substituents is 1. The molecule has 1 aliphatic heterocycles. The van der Waals surface area contributed by atoms with E-state index in [0.717, 1.165) is 22.9 Å². The van der Waals surface area contributed by atoms with Crippen molar-refractivity contribution in [3.8, 4) is 11.5 Å². The summed E-state index contributed by atoms with van der Waals surface area (Å²) in [5, 5.41) is 14.2. The Labute approximate surface area is 331 Å². The lowest BCUT2D eigenvalue weighted by molar-refractivity contribution is -0.384. The molecule has 0 spiro atoms. The summed E-state index contributed by atoms with van der Waals surface area (Å²) in [5.41, 5.74) is 3.14. The summed E-state index contributed by atoms with van der Waals surface area (Å²) in [5.74, 6) is -1.14. The average Bonchev–Trinajstić information content (AvgIpc) is 3.19. The number of nitro groups is 1. The van der Waals surface area contributed by atoms with Crippen LogP contribution in [0.25, 0.3) is 6.08 Å². The minimum atomic E-state index is -0.772. The summed E-state index contributed by atoms with van der Waals surface area (Å²) in [4.78, 5) is 57.4. The molecule has 280 valence electrons. The van der Waals surface area contributed by atoms with Crippen LogP contribution in [0.3, 0.4) is 0 Å². The van der Waals surface area contributed by atoms with Crippen LogP contribution in [-0.4, -0.2) is 45.1 Å². The SMILES string of the molecule is C=C/C=C\C(=C/C)N1C(=O)/C(=C/c2cc(Br)c(OCc3ccc([N+](=O)[O-])cc3)c(OCC)c2)C(=O)N=C1SCC(=O)NC(c1ccccc1)c1ccccc1. The molecule has 13 heteroatoms. The Kier molecular flexibility index (Phi) is 14.1. The maximum Gasteiger partial charge on any atom is 0.285 e. The van der Waals surface area contributed by atoms with Crippen LogP contribution in [0.1, 0.15) is 42.1 Å². The van der Waals surface area contributed by atoms with Gasteiger partial charge in [-0.15, -0.1) is 0 Å². The van der Waals surface area contributed by atoms with E-state index in [1.54, 1.807) is 62.4 Å². The quantitative estimate of drug-likeness (QED) is 0.0413. The molecular formula is C42H37BrN4O7S. The van der Waals surface area contributed by atoms with E-state index in [4.69, 9.17) is 9.47 Å². The minimum absolute atomic E-state index is 0.0302. The van der Waals surface area contributed by atoms with Gasteiger partial charge in [0.2, 0.25) is 5.91 Å². The fourth-order valence-electron chi connectivity index (χ4n) is 5.50. The summed E-state index contributed by atoms with van der Waals surface area (Å²) in [6.45, 7) is 7.67. The summed E-state index contributed by atoms with van der Waals surface area (Å²) in [6.07, 6.45) is 8.00. The van der Waals surface area contributed by atoms with Crippen molar-refractivity contribution < 1.29 is 28.8 Å². The van der Waals surface area contributed by atoms with Crippen LogP contribution in [0.15, 0.2) is 149 Å². The number of halogens is 1. The summed E-state index contributed by atoms with van der Waals surface area (Å²) in [6, 6.07) is 28.1. The monoisotopic (exact) mass is 820 g/mol. The third-order valence-corrected chi connectivity index (χ3v) is 9.61. The van der Waals surface area contributed by atoms with Crippen molar-refractivity contribution in [2.75, 3.05) is 12.4 Å². The predicted octanol–water partition coefficient (Wildman–Crippen LogP) is 8.73. The molecule has 0 saturated heterocycles. The van der Waals surface area contributed by atoms with Crippen molar-refractivity contribution in [2.24, 2.45) is 4.99 Å². The van der Waals surface area contributed by atoms with Crippen LogP contribution < -0.4 is 14.8 Å². The highest BCUT2D eigenvalue weighted by atomic mass is 79.9. The van der Waals surface area contributed by atoms with Gasteiger partial charge in [-0.3, -0.25) is 29.4 Å². The summed E-state index contributed by atoms with van der Waals surface area (Å²) >= 11 is 4.51. The maximum absolute atomic E-state index is 14.2. The van der Waals surface area contributed by atoms with E-state index in [0.29, 0.717) is 39.4 Å². The molecule has 0 atom stereocenters. The number of aliphatic imine (C=N–C) groups is 1. The smallest absolute Gasteiger partial charge is 0.285 e. The largest absolute Gasteiger partial charge is 0.490 e.